The van der Waals surface area contributed by atoms with Crippen LogP contribution in [0, 0.1) is 0 Å². The Balaban J connectivity index is 3.34. The molecule has 0 saturated heterocycles. The molecule has 23 heavy (non-hydrogen) atoms. The monoisotopic (exact) mass is 344 g/mol. The van der Waals surface area contributed by atoms with Crippen LogP contribution >= 0.6 is 11.6 Å². The molecule has 1 aromatic heterocycles. The quantitative estimate of drug-likeness (QED) is 0.665. The molecule has 0 unspecified atom stereocenters. The zero-order valence-electron chi connectivity index (χ0n) is 13.7. The molecule has 0 spiro atoms. The Hall–Kier alpha value is -1.76. The van der Waals surface area contributed by atoms with Gasteiger partial charge in [-0.05, 0) is 19.3 Å². The van der Waals surface area contributed by atoms with Crippen molar-refractivity contribution in [2.24, 2.45) is 0 Å². The summed E-state index contributed by atoms with van der Waals surface area (Å²) in [4.78, 5) is 40.2. The fraction of sp³-hybridized carbons (Fsp3) is 0.667. The Morgan fingerprint density at radius 3 is 2.52 bits per heavy atom. The maximum absolute atomic E-state index is 12.4. The molecule has 3 N–H and O–H groups in total. The number of nitrogens with one attached hydrogen (secondary N) is 1. The van der Waals surface area contributed by atoms with Gasteiger partial charge < -0.3 is 10.6 Å². The fourth-order valence-electron chi connectivity index (χ4n) is 2.31. The number of unbranched alkanes of at least 4 members (excludes halogenated alkanes) is 1. The largest absolute Gasteiger partial charge is 0.383 e. The van der Waals surface area contributed by atoms with Crippen molar-refractivity contribution in [3.8, 4) is 0 Å². The third kappa shape index (κ3) is 4.86. The Kier molecular flexibility index (Phi) is 7.88. The van der Waals surface area contributed by atoms with Crippen LogP contribution in [-0.4, -0.2) is 27.9 Å². The second-order valence-electron chi connectivity index (χ2n) is 5.34. The van der Waals surface area contributed by atoms with E-state index in [4.69, 9.17) is 17.3 Å². The van der Waals surface area contributed by atoms with Crippen LogP contribution < -0.4 is 21.9 Å². The van der Waals surface area contributed by atoms with E-state index in [9.17, 15) is 14.4 Å². The number of anilines is 2. The van der Waals surface area contributed by atoms with Crippen LogP contribution in [0.15, 0.2) is 9.59 Å². The van der Waals surface area contributed by atoms with E-state index < -0.39 is 11.2 Å². The van der Waals surface area contributed by atoms with Gasteiger partial charge in [0.15, 0.2) is 5.69 Å². The number of aromatic nitrogens is 2. The number of hydrogen-bond acceptors (Lipinski definition) is 4. The van der Waals surface area contributed by atoms with E-state index in [1.807, 2.05) is 13.8 Å². The van der Waals surface area contributed by atoms with E-state index in [0.29, 0.717) is 31.8 Å². The van der Waals surface area contributed by atoms with Gasteiger partial charge in [0.1, 0.15) is 5.82 Å². The normalized spacial score (nSPS) is 10.7. The molecule has 7 nitrogen and oxygen atoms in total. The van der Waals surface area contributed by atoms with Crippen molar-refractivity contribution in [1.29, 1.82) is 0 Å². The van der Waals surface area contributed by atoms with E-state index >= 15 is 0 Å². The second-order valence-corrected chi connectivity index (χ2v) is 5.71. The Bertz CT molecular complexity index is 639. The zero-order chi connectivity index (χ0) is 17.4. The van der Waals surface area contributed by atoms with E-state index in [0.717, 1.165) is 12.8 Å². The lowest BCUT2D eigenvalue weighted by atomic mass is 10.2. The summed E-state index contributed by atoms with van der Waals surface area (Å²) < 4.78 is 1.30. The van der Waals surface area contributed by atoms with Gasteiger partial charge in [-0.15, -0.1) is 11.6 Å². The van der Waals surface area contributed by atoms with Crippen molar-refractivity contribution in [3.05, 3.63) is 20.8 Å². The average Bonchev–Trinajstić information content (AvgIpc) is 2.52. The molecule has 0 bridgehead atoms. The van der Waals surface area contributed by atoms with E-state index in [-0.39, 0.29) is 23.8 Å². The fourth-order valence-corrected chi connectivity index (χ4v) is 2.45. The maximum Gasteiger partial charge on any atom is 0.330 e. The van der Waals surface area contributed by atoms with Crippen LogP contribution in [-0.2, 0) is 11.3 Å². The Labute approximate surface area is 140 Å². The minimum Gasteiger partial charge on any atom is -0.383 e. The number of amides is 1. The summed E-state index contributed by atoms with van der Waals surface area (Å²) in [6, 6.07) is 0. The second kappa shape index (κ2) is 9.39. The third-order valence-corrected chi connectivity index (χ3v) is 3.76. The lowest BCUT2D eigenvalue weighted by Gasteiger charge is -2.24. The number of halogens is 1. The number of alkyl halides is 1. The number of hydrogen-bond donors (Lipinski definition) is 2. The minimum absolute atomic E-state index is 0.0379. The van der Waals surface area contributed by atoms with Gasteiger partial charge in [0.25, 0.3) is 5.56 Å². The van der Waals surface area contributed by atoms with Crippen LogP contribution in [0.4, 0.5) is 11.5 Å². The van der Waals surface area contributed by atoms with Gasteiger partial charge in [0.05, 0.1) is 0 Å². The highest BCUT2D eigenvalue weighted by Gasteiger charge is 2.23. The molecule has 1 aromatic rings. The van der Waals surface area contributed by atoms with E-state index in [2.05, 4.69) is 4.98 Å². The Morgan fingerprint density at radius 1 is 1.26 bits per heavy atom. The average molecular weight is 345 g/mol. The summed E-state index contributed by atoms with van der Waals surface area (Å²) in [5.41, 5.74) is 4.91. The first kappa shape index (κ1) is 19.3. The zero-order valence-corrected chi connectivity index (χ0v) is 14.5. The van der Waals surface area contributed by atoms with Crippen LogP contribution in [0.3, 0.4) is 0 Å². The minimum atomic E-state index is -0.629. The van der Waals surface area contributed by atoms with Gasteiger partial charge in [0, 0.05) is 25.4 Å². The van der Waals surface area contributed by atoms with Crippen molar-refractivity contribution in [2.75, 3.05) is 23.1 Å². The summed E-state index contributed by atoms with van der Waals surface area (Å²) in [5, 5.41) is 0. The molecule has 1 heterocycles. The molecule has 0 atom stereocenters. The number of H-pyrrole nitrogens is 1. The molecule has 0 radical (unpaired) electrons. The first-order valence-electron chi connectivity index (χ1n) is 7.96. The highest BCUT2D eigenvalue weighted by atomic mass is 35.5. The van der Waals surface area contributed by atoms with Crippen LogP contribution in [0.25, 0.3) is 0 Å². The molecule has 0 fully saturated rings. The number of aromatic amines is 1. The molecule has 0 aromatic carbocycles. The molecule has 0 aliphatic rings. The van der Waals surface area contributed by atoms with E-state index in [1.54, 1.807) is 0 Å². The molecule has 0 saturated carbocycles. The van der Waals surface area contributed by atoms with Crippen molar-refractivity contribution in [3.63, 3.8) is 0 Å². The molecular weight excluding hydrogens is 320 g/mol. The predicted molar refractivity (Wildman–Crippen MR) is 93.2 cm³/mol. The van der Waals surface area contributed by atoms with Gasteiger partial charge >= 0.3 is 5.69 Å². The highest BCUT2D eigenvalue weighted by molar-refractivity contribution is 6.18. The summed E-state index contributed by atoms with van der Waals surface area (Å²) in [6.07, 6.45) is 3.04. The SMILES string of the molecule is CCCCN(C(=O)CCCCl)c1c(N)n(CCC)c(=O)[nH]c1=O. The summed E-state index contributed by atoms with van der Waals surface area (Å²) in [6.45, 7) is 4.66. The first-order valence-corrected chi connectivity index (χ1v) is 8.50. The van der Waals surface area contributed by atoms with Gasteiger partial charge in [-0.1, -0.05) is 20.3 Å². The third-order valence-electron chi connectivity index (χ3n) is 3.49. The van der Waals surface area contributed by atoms with Gasteiger partial charge in [-0.3, -0.25) is 19.1 Å². The first-order chi connectivity index (χ1) is 11.0. The molecule has 8 heteroatoms. The van der Waals surface area contributed by atoms with Crippen LogP contribution in [0.2, 0.25) is 0 Å². The molecule has 130 valence electrons. The predicted octanol–water partition coefficient (Wildman–Crippen LogP) is 1.68. The standard InChI is InChI=1S/C15H25ClN4O3/c1-3-5-10-19(11(21)7-6-8-16)12-13(17)20(9-4-2)15(23)18-14(12)22/h3-10,17H2,1-2H3,(H,18,22,23). The summed E-state index contributed by atoms with van der Waals surface area (Å²) in [5.74, 6) is 0.197. The van der Waals surface area contributed by atoms with Crippen molar-refractivity contribution in [2.45, 2.75) is 52.5 Å². The summed E-state index contributed by atoms with van der Waals surface area (Å²) in [7, 11) is 0. The van der Waals surface area contributed by atoms with Crippen molar-refractivity contribution in [1.82, 2.24) is 9.55 Å². The van der Waals surface area contributed by atoms with Gasteiger partial charge in [-0.2, -0.15) is 0 Å². The lowest BCUT2D eigenvalue weighted by Crippen LogP contribution is -2.41. The number of carbonyl (C=O) groups excluding carboxylic acids is 1. The molecule has 0 aliphatic carbocycles. The highest BCUT2D eigenvalue weighted by Crippen LogP contribution is 2.19. The molecule has 1 amide bonds. The maximum atomic E-state index is 12.4. The number of rotatable bonds is 9. The molecular formula is C15H25ClN4O3. The molecule has 1 rings (SSSR count). The molecule has 0 aliphatic heterocycles. The number of nitrogens with two attached hydrogens (primary N) is 1. The van der Waals surface area contributed by atoms with E-state index in [1.165, 1.54) is 9.47 Å². The topological polar surface area (TPSA) is 101 Å². The summed E-state index contributed by atoms with van der Waals surface area (Å²) >= 11 is 5.64. The van der Waals surface area contributed by atoms with Gasteiger partial charge in [-0.25, -0.2) is 4.79 Å². The number of nitrogens with zero attached hydrogens (tertiary/aromatic N) is 2. The van der Waals surface area contributed by atoms with Gasteiger partial charge in [0.2, 0.25) is 5.91 Å². The number of nitrogen functional groups attached to an aromatic ring is 1. The smallest absolute Gasteiger partial charge is 0.330 e. The van der Waals surface area contributed by atoms with Crippen LogP contribution in [0.1, 0.15) is 46.0 Å². The lowest BCUT2D eigenvalue weighted by molar-refractivity contribution is -0.118. The van der Waals surface area contributed by atoms with Crippen molar-refractivity contribution >= 4 is 29.0 Å². The van der Waals surface area contributed by atoms with Crippen LogP contribution in [0.5, 0.6) is 0 Å². The van der Waals surface area contributed by atoms with Crippen molar-refractivity contribution < 1.29 is 4.79 Å². The Morgan fingerprint density at radius 2 is 1.96 bits per heavy atom. The number of carbonyl (C=O) groups is 1.